The SMILES string of the molecule is Cn1cc(CN2CC(CC(=O)O)C2)c2ccccc21. The molecule has 1 aliphatic rings. The molecule has 1 fully saturated rings. The number of carboxylic acids is 1. The van der Waals surface area contributed by atoms with Crippen molar-refractivity contribution in [2.24, 2.45) is 13.0 Å². The third-order valence-electron chi connectivity index (χ3n) is 3.87. The Balaban J connectivity index is 1.69. The maximum atomic E-state index is 10.6. The number of aromatic nitrogens is 1. The minimum absolute atomic E-state index is 0.298. The van der Waals surface area contributed by atoms with E-state index in [0.717, 1.165) is 19.6 Å². The summed E-state index contributed by atoms with van der Waals surface area (Å²) < 4.78 is 2.15. The number of aryl methyl sites for hydroxylation is 1. The van der Waals surface area contributed by atoms with E-state index in [9.17, 15) is 4.79 Å². The summed E-state index contributed by atoms with van der Waals surface area (Å²) in [6.07, 6.45) is 2.47. The van der Waals surface area contributed by atoms with Gasteiger partial charge in [-0.25, -0.2) is 0 Å². The topological polar surface area (TPSA) is 45.5 Å². The van der Waals surface area contributed by atoms with Crippen LogP contribution in [0.5, 0.6) is 0 Å². The van der Waals surface area contributed by atoms with Crippen LogP contribution >= 0.6 is 0 Å². The molecule has 0 radical (unpaired) electrons. The van der Waals surface area contributed by atoms with Gasteiger partial charge in [0.25, 0.3) is 0 Å². The first kappa shape index (κ1) is 12.2. The quantitative estimate of drug-likeness (QED) is 0.913. The largest absolute Gasteiger partial charge is 0.481 e. The van der Waals surface area contributed by atoms with Crippen LogP contribution in [0.15, 0.2) is 30.5 Å². The van der Waals surface area contributed by atoms with Crippen LogP contribution in [0.1, 0.15) is 12.0 Å². The van der Waals surface area contributed by atoms with E-state index >= 15 is 0 Å². The fraction of sp³-hybridized carbons (Fsp3) is 0.400. The van der Waals surface area contributed by atoms with Gasteiger partial charge in [-0.15, -0.1) is 0 Å². The summed E-state index contributed by atoms with van der Waals surface area (Å²) in [5.41, 5.74) is 2.58. The van der Waals surface area contributed by atoms with Crippen LogP contribution in [-0.2, 0) is 18.4 Å². The van der Waals surface area contributed by atoms with Gasteiger partial charge in [0.15, 0.2) is 0 Å². The van der Waals surface area contributed by atoms with E-state index in [-0.39, 0.29) is 0 Å². The average molecular weight is 258 g/mol. The summed E-state index contributed by atoms with van der Waals surface area (Å²) >= 11 is 0. The molecule has 19 heavy (non-hydrogen) atoms. The van der Waals surface area contributed by atoms with Crippen molar-refractivity contribution < 1.29 is 9.90 Å². The van der Waals surface area contributed by atoms with Crippen LogP contribution in [0.4, 0.5) is 0 Å². The zero-order valence-corrected chi connectivity index (χ0v) is 11.0. The monoisotopic (exact) mass is 258 g/mol. The molecule has 0 unspecified atom stereocenters. The van der Waals surface area contributed by atoms with E-state index in [1.165, 1.54) is 16.5 Å². The van der Waals surface area contributed by atoms with Gasteiger partial charge in [-0.2, -0.15) is 0 Å². The minimum Gasteiger partial charge on any atom is -0.481 e. The van der Waals surface area contributed by atoms with E-state index in [1.807, 2.05) is 0 Å². The molecule has 2 aromatic rings. The Morgan fingerprint density at radius 2 is 2.11 bits per heavy atom. The number of para-hydroxylation sites is 1. The molecule has 4 heteroatoms. The first-order valence-electron chi connectivity index (χ1n) is 6.60. The van der Waals surface area contributed by atoms with Gasteiger partial charge in [0.05, 0.1) is 6.42 Å². The molecule has 1 saturated heterocycles. The summed E-state index contributed by atoms with van der Waals surface area (Å²) in [5, 5.41) is 10.0. The van der Waals surface area contributed by atoms with E-state index < -0.39 is 5.97 Å². The second-order valence-electron chi connectivity index (χ2n) is 5.44. The molecule has 3 rings (SSSR count). The smallest absolute Gasteiger partial charge is 0.303 e. The number of hydrogen-bond donors (Lipinski definition) is 1. The lowest BCUT2D eigenvalue weighted by Gasteiger charge is -2.38. The standard InChI is InChI=1S/C15H18N2O2/c1-16-9-12(13-4-2-3-5-14(13)16)10-17-7-11(8-17)6-15(18)19/h2-5,9,11H,6-8,10H2,1H3,(H,18,19). The summed E-state index contributed by atoms with van der Waals surface area (Å²) in [5.74, 6) is -0.359. The molecule has 1 aromatic heterocycles. The van der Waals surface area contributed by atoms with Crippen molar-refractivity contribution in [2.75, 3.05) is 13.1 Å². The number of carbonyl (C=O) groups is 1. The highest BCUT2D eigenvalue weighted by Gasteiger charge is 2.28. The number of benzene rings is 1. The molecule has 0 spiro atoms. The molecule has 1 aliphatic heterocycles. The van der Waals surface area contributed by atoms with Gasteiger partial charge in [-0.1, -0.05) is 18.2 Å². The van der Waals surface area contributed by atoms with Gasteiger partial charge >= 0.3 is 5.97 Å². The van der Waals surface area contributed by atoms with Gasteiger partial charge in [0, 0.05) is 43.8 Å². The minimum atomic E-state index is -0.685. The van der Waals surface area contributed by atoms with Crippen molar-refractivity contribution in [1.82, 2.24) is 9.47 Å². The maximum absolute atomic E-state index is 10.6. The molecule has 0 atom stereocenters. The Morgan fingerprint density at radius 3 is 2.84 bits per heavy atom. The fourth-order valence-corrected chi connectivity index (χ4v) is 2.97. The second kappa shape index (κ2) is 4.70. The normalized spacial score (nSPS) is 16.7. The van der Waals surface area contributed by atoms with Crippen molar-refractivity contribution in [1.29, 1.82) is 0 Å². The van der Waals surface area contributed by atoms with Gasteiger partial charge in [-0.05, 0) is 17.5 Å². The van der Waals surface area contributed by atoms with Gasteiger partial charge in [0.2, 0.25) is 0 Å². The van der Waals surface area contributed by atoms with Crippen LogP contribution in [0, 0.1) is 5.92 Å². The van der Waals surface area contributed by atoms with Gasteiger partial charge in [-0.3, -0.25) is 9.69 Å². The molecule has 2 heterocycles. The average Bonchev–Trinajstić information content (AvgIpc) is 2.64. The summed E-state index contributed by atoms with van der Waals surface area (Å²) in [7, 11) is 2.06. The van der Waals surface area contributed by atoms with Crippen molar-refractivity contribution in [3.63, 3.8) is 0 Å². The summed E-state index contributed by atoms with van der Waals surface area (Å²) in [6, 6.07) is 8.40. The van der Waals surface area contributed by atoms with Crippen LogP contribution in [0.2, 0.25) is 0 Å². The molecule has 1 N–H and O–H groups in total. The maximum Gasteiger partial charge on any atom is 0.303 e. The molecule has 1 aromatic carbocycles. The number of nitrogens with zero attached hydrogens (tertiary/aromatic N) is 2. The van der Waals surface area contributed by atoms with Crippen molar-refractivity contribution in [3.8, 4) is 0 Å². The molecular weight excluding hydrogens is 240 g/mol. The van der Waals surface area contributed by atoms with Crippen molar-refractivity contribution in [2.45, 2.75) is 13.0 Å². The lowest BCUT2D eigenvalue weighted by molar-refractivity contribution is -0.139. The Morgan fingerprint density at radius 1 is 1.37 bits per heavy atom. The lowest BCUT2D eigenvalue weighted by Crippen LogP contribution is -2.46. The zero-order valence-electron chi connectivity index (χ0n) is 11.0. The number of hydrogen-bond acceptors (Lipinski definition) is 2. The summed E-state index contributed by atoms with van der Waals surface area (Å²) in [6.45, 7) is 2.71. The highest BCUT2D eigenvalue weighted by atomic mass is 16.4. The molecule has 0 bridgehead atoms. The fourth-order valence-electron chi connectivity index (χ4n) is 2.97. The molecule has 0 amide bonds. The van der Waals surface area contributed by atoms with Crippen LogP contribution in [0.25, 0.3) is 10.9 Å². The number of carboxylic acid groups (broad SMARTS) is 1. The van der Waals surface area contributed by atoms with E-state index in [4.69, 9.17) is 5.11 Å². The number of aliphatic carboxylic acids is 1. The van der Waals surface area contributed by atoms with E-state index in [2.05, 4.69) is 47.0 Å². The molecule has 0 saturated carbocycles. The van der Waals surface area contributed by atoms with Crippen molar-refractivity contribution >= 4 is 16.9 Å². The summed E-state index contributed by atoms with van der Waals surface area (Å²) in [4.78, 5) is 12.9. The third kappa shape index (κ3) is 2.36. The Kier molecular flexibility index (Phi) is 3.03. The van der Waals surface area contributed by atoms with Crippen LogP contribution < -0.4 is 0 Å². The Hall–Kier alpha value is -1.81. The van der Waals surface area contributed by atoms with E-state index in [0.29, 0.717) is 12.3 Å². The number of fused-ring (bicyclic) bond motifs is 1. The van der Waals surface area contributed by atoms with E-state index in [1.54, 1.807) is 0 Å². The highest BCUT2D eigenvalue weighted by Crippen LogP contribution is 2.26. The van der Waals surface area contributed by atoms with Crippen LogP contribution in [-0.4, -0.2) is 33.6 Å². The lowest BCUT2D eigenvalue weighted by atomic mass is 9.96. The highest BCUT2D eigenvalue weighted by molar-refractivity contribution is 5.83. The van der Waals surface area contributed by atoms with Gasteiger partial charge in [0.1, 0.15) is 0 Å². The molecular formula is C15H18N2O2. The molecule has 4 nitrogen and oxygen atoms in total. The zero-order chi connectivity index (χ0) is 13.4. The first-order chi connectivity index (χ1) is 9.13. The molecule has 100 valence electrons. The van der Waals surface area contributed by atoms with Crippen molar-refractivity contribution in [3.05, 3.63) is 36.0 Å². The number of rotatable bonds is 4. The first-order valence-corrected chi connectivity index (χ1v) is 6.60. The van der Waals surface area contributed by atoms with Crippen LogP contribution in [0.3, 0.4) is 0 Å². The Labute approximate surface area is 112 Å². The second-order valence-corrected chi connectivity index (χ2v) is 5.44. The van der Waals surface area contributed by atoms with Gasteiger partial charge < -0.3 is 9.67 Å². The predicted octanol–water partition coefficient (Wildman–Crippen LogP) is 2.08. The number of likely N-dealkylation sites (tertiary alicyclic amines) is 1. The Bertz CT molecular complexity index is 612. The third-order valence-corrected chi connectivity index (χ3v) is 3.87. The predicted molar refractivity (Wildman–Crippen MR) is 73.9 cm³/mol. The molecule has 0 aliphatic carbocycles.